The summed E-state index contributed by atoms with van der Waals surface area (Å²) in [7, 11) is -2.46. The van der Waals surface area contributed by atoms with Gasteiger partial charge in [0.15, 0.2) is 0 Å². The molecular formula is C26H23N3O5S. The zero-order valence-corrected chi connectivity index (χ0v) is 19.7. The lowest BCUT2D eigenvalue weighted by molar-refractivity contribution is -0.121. The number of fused-ring (bicyclic) bond motifs is 2. The van der Waals surface area contributed by atoms with Crippen LogP contribution in [-0.4, -0.2) is 49.7 Å². The van der Waals surface area contributed by atoms with E-state index in [0.29, 0.717) is 10.1 Å². The number of nitrogens with one attached hydrogen (secondary N) is 2. The Balaban J connectivity index is 1.38. The molecule has 0 saturated carbocycles. The normalized spacial score (nSPS) is 15.1. The lowest BCUT2D eigenvalue weighted by Gasteiger charge is -2.20. The van der Waals surface area contributed by atoms with E-state index in [1.54, 1.807) is 19.2 Å². The second kappa shape index (κ2) is 8.92. The molecule has 0 aliphatic carbocycles. The number of ether oxygens (including phenoxy) is 1. The van der Waals surface area contributed by atoms with Crippen LogP contribution in [0.4, 0.5) is 0 Å². The molecule has 35 heavy (non-hydrogen) atoms. The highest BCUT2D eigenvalue weighted by Crippen LogP contribution is 2.32. The Labute approximate surface area is 202 Å². The Morgan fingerprint density at radius 1 is 1.03 bits per heavy atom. The van der Waals surface area contributed by atoms with Crippen LogP contribution in [0.2, 0.25) is 0 Å². The molecule has 2 amide bonds. The molecule has 2 N–H and O–H groups in total. The molecule has 5 rings (SSSR count). The predicted molar refractivity (Wildman–Crippen MR) is 131 cm³/mol. The third-order valence-electron chi connectivity index (χ3n) is 6.22. The SMILES string of the molecule is COc1ccc([C@@H](CNC(=O)CN2C(=O)c3ccccc3S2(=O)=O)c2c[nH]c3ccccc23)cc1. The maximum atomic E-state index is 12.9. The van der Waals surface area contributed by atoms with Crippen LogP contribution in [0, 0.1) is 0 Å². The molecule has 9 heteroatoms. The maximum Gasteiger partial charge on any atom is 0.269 e. The Kier molecular flexibility index (Phi) is 5.78. The van der Waals surface area contributed by atoms with Crippen molar-refractivity contribution >= 4 is 32.7 Å². The summed E-state index contributed by atoms with van der Waals surface area (Å²) >= 11 is 0. The van der Waals surface area contributed by atoms with Crippen LogP contribution in [0.3, 0.4) is 0 Å². The molecule has 2 heterocycles. The number of benzene rings is 3. The van der Waals surface area contributed by atoms with Crippen molar-refractivity contribution in [3.63, 3.8) is 0 Å². The first-order valence-corrected chi connectivity index (χ1v) is 12.5. The minimum absolute atomic E-state index is 0.0762. The van der Waals surface area contributed by atoms with Gasteiger partial charge in [-0.3, -0.25) is 9.59 Å². The van der Waals surface area contributed by atoms with Crippen molar-refractivity contribution in [3.05, 3.63) is 95.7 Å². The van der Waals surface area contributed by atoms with Crippen LogP contribution in [0.1, 0.15) is 27.4 Å². The molecule has 0 unspecified atom stereocenters. The van der Waals surface area contributed by atoms with Crippen molar-refractivity contribution in [1.82, 2.24) is 14.6 Å². The number of sulfonamides is 1. The highest BCUT2D eigenvalue weighted by molar-refractivity contribution is 7.90. The van der Waals surface area contributed by atoms with E-state index < -0.39 is 28.4 Å². The fraction of sp³-hybridized carbons (Fsp3) is 0.154. The van der Waals surface area contributed by atoms with E-state index >= 15 is 0 Å². The topological polar surface area (TPSA) is 109 Å². The van der Waals surface area contributed by atoms with Crippen LogP contribution < -0.4 is 10.1 Å². The van der Waals surface area contributed by atoms with Crippen LogP contribution in [0.15, 0.2) is 83.9 Å². The number of rotatable bonds is 7. The molecule has 1 aliphatic rings. The molecule has 1 aromatic heterocycles. The molecule has 0 saturated heterocycles. The molecule has 0 bridgehead atoms. The van der Waals surface area contributed by atoms with Gasteiger partial charge in [-0.05, 0) is 41.5 Å². The summed E-state index contributed by atoms with van der Waals surface area (Å²) in [4.78, 5) is 28.7. The third kappa shape index (κ3) is 4.04. The molecule has 1 aliphatic heterocycles. The lowest BCUT2D eigenvalue weighted by atomic mass is 9.91. The van der Waals surface area contributed by atoms with Crippen molar-refractivity contribution in [1.29, 1.82) is 0 Å². The van der Waals surface area contributed by atoms with Gasteiger partial charge < -0.3 is 15.0 Å². The van der Waals surface area contributed by atoms with Crippen LogP contribution >= 0.6 is 0 Å². The summed E-state index contributed by atoms with van der Waals surface area (Å²) in [5.74, 6) is -0.760. The second-order valence-electron chi connectivity index (χ2n) is 8.23. The monoisotopic (exact) mass is 489 g/mol. The number of methoxy groups -OCH3 is 1. The van der Waals surface area contributed by atoms with Crippen LogP contribution in [0.5, 0.6) is 5.75 Å². The van der Waals surface area contributed by atoms with Gasteiger partial charge >= 0.3 is 0 Å². The van der Waals surface area contributed by atoms with E-state index in [9.17, 15) is 18.0 Å². The van der Waals surface area contributed by atoms with Crippen LogP contribution in [-0.2, 0) is 14.8 Å². The number of hydrogen-bond donors (Lipinski definition) is 2. The number of amides is 2. The summed E-state index contributed by atoms with van der Waals surface area (Å²) in [6, 6.07) is 21.4. The molecule has 0 spiro atoms. The van der Waals surface area contributed by atoms with E-state index in [1.165, 1.54) is 12.1 Å². The van der Waals surface area contributed by atoms with Gasteiger partial charge in [-0.15, -0.1) is 0 Å². The van der Waals surface area contributed by atoms with Gasteiger partial charge in [0.25, 0.3) is 15.9 Å². The van der Waals surface area contributed by atoms with Crippen molar-refractivity contribution in [2.75, 3.05) is 20.2 Å². The standard InChI is InChI=1S/C26H23N3O5S/c1-34-18-12-10-17(11-13-18)21(22-15-27-23-8-4-2-6-19(22)23)14-28-25(30)16-29-26(31)20-7-3-5-9-24(20)35(29,32)33/h2-13,15,21,27H,14,16H2,1H3,(H,28,30)/t21-/m1/s1. The van der Waals surface area contributed by atoms with Gasteiger partial charge in [-0.1, -0.05) is 42.5 Å². The highest BCUT2D eigenvalue weighted by Gasteiger charge is 2.41. The summed E-state index contributed by atoms with van der Waals surface area (Å²) in [5, 5.41) is 3.86. The number of carbonyl (C=O) groups excluding carboxylic acids is 2. The molecule has 4 aromatic rings. The molecule has 178 valence electrons. The van der Waals surface area contributed by atoms with Crippen molar-refractivity contribution in [3.8, 4) is 5.75 Å². The average molecular weight is 490 g/mol. The predicted octanol–water partition coefficient (Wildman–Crippen LogP) is 3.27. The zero-order chi connectivity index (χ0) is 24.6. The summed E-state index contributed by atoms with van der Waals surface area (Å²) in [6.07, 6.45) is 1.91. The van der Waals surface area contributed by atoms with E-state index in [2.05, 4.69) is 10.3 Å². The van der Waals surface area contributed by atoms with Gasteiger partial charge in [0, 0.05) is 29.6 Å². The van der Waals surface area contributed by atoms with E-state index in [1.807, 2.05) is 54.7 Å². The average Bonchev–Trinajstić information content (AvgIpc) is 3.38. The smallest absolute Gasteiger partial charge is 0.269 e. The Morgan fingerprint density at radius 2 is 1.74 bits per heavy atom. The Morgan fingerprint density at radius 3 is 2.49 bits per heavy atom. The van der Waals surface area contributed by atoms with E-state index in [-0.39, 0.29) is 22.9 Å². The number of nitrogens with zero attached hydrogens (tertiary/aromatic N) is 1. The number of carbonyl (C=O) groups is 2. The number of para-hydroxylation sites is 1. The van der Waals surface area contributed by atoms with Gasteiger partial charge in [0.1, 0.15) is 17.2 Å². The van der Waals surface area contributed by atoms with Gasteiger partial charge in [-0.2, -0.15) is 0 Å². The summed E-state index contributed by atoms with van der Waals surface area (Å²) in [5.41, 5.74) is 2.99. The van der Waals surface area contributed by atoms with Gasteiger partial charge in [-0.25, -0.2) is 12.7 Å². The molecule has 1 atom stereocenters. The Hall–Kier alpha value is -4.11. The largest absolute Gasteiger partial charge is 0.497 e. The fourth-order valence-corrected chi connectivity index (χ4v) is 5.94. The third-order valence-corrected chi connectivity index (χ3v) is 8.00. The quantitative estimate of drug-likeness (QED) is 0.414. The highest BCUT2D eigenvalue weighted by atomic mass is 32.2. The van der Waals surface area contributed by atoms with E-state index in [4.69, 9.17) is 4.74 Å². The minimum Gasteiger partial charge on any atom is -0.497 e. The maximum absolute atomic E-state index is 12.9. The molecule has 0 fully saturated rings. The van der Waals surface area contributed by atoms with Crippen molar-refractivity contribution in [2.45, 2.75) is 10.8 Å². The summed E-state index contributed by atoms with van der Waals surface area (Å²) < 4.78 is 31.5. The molecule has 8 nitrogen and oxygen atoms in total. The van der Waals surface area contributed by atoms with Gasteiger partial charge in [0.05, 0.1) is 12.7 Å². The second-order valence-corrected chi connectivity index (χ2v) is 10.1. The first-order chi connectivity index (χ1) is 16.9. The van der Waals surface area contributed by atoms with Gasteiger partial charge in [0.2, 0.25) is 5.91 Å². The zero-order valence-electron chi connectivity index (χ0n) is 18.9. The van der Waals surface area contributed by atoms with Crippen molar-refractivity contribution in [2.24, 2.45) is 0 Å². The van der Waals surface area contributed by atoms with Crippen LogP contribution in [0.25, 0.3) is 10.9 Å². The molecular weight excluding hydrogens is 466 g/mol. The number of hydrogen-bond acceptors (Lipinski definition) is 5. The number of aromatic nitrogens is 1. The Bertz CT molecular complexity index is 1530. The number of aromatic amines is 1. The molecule has 0 radical (unpaired) electrons. The number of H-pyrrole nitrogens is 1. The molecule has 3 aromatic carbocycles. The lowest BCUT2D eigenvalue weighted by Crippen LogP contribution is -2.41. The van der Waals surface area contributed by atoms with Crippen molar-refractivity contribution < 1.29 is 22.7 Å². The minimum atomic E-state index is -4.06. The first kappa shape index (κ1) is 22.7. The van der Waals surface area contributed by atoms with E-state index in [0.717, 1.165) is 22.0 Å². The fourth-order valence-electron chi connectivity index (χ4n) is 4.42. The first-order valence-electron chi connectivity index (χ1n) is 11.0. The summed E-state index contributed by atoms with van der Waals surface area (Å²) in [6.45, 7) is -0.374.